The number of hydroxylamine groups is 2. The van der Waals surface area contributed by atoms with Crippen LogP contribution in [0.3, 0.4) is 0 Å². The van der Waals surface area contributed by atoms with E-state index in [9.17, 15) is 5.21 Å². The molecule has 0 saturated carbocycles. The Labute approximate surface area is 105 Å². The van der Waals surface area contributed by atoms with Crippen LogP contribution in [0, 0.1) is 0 Å². The van der Waals surface area contributed by atoms with Crippen molar-refractivity contribution in [3.05, 3.63) is 34.9 Å². The molecule has 1 aliphatic heterocycles. The van der Waals surface area contributed by atoms with Crippen LogP contribution in [0.25, 0.3) is 0 Å². The zero-order valence-corrected chi connectivity index (χ0v) is 11.8. The van der Waals surface area contributed by atoms with E-state index in [0.717, 1.165) is 5.33 Å². The van der Waals surface area contributed by atoms with Crippen molar-refractivity contribution in [2.75, 3.05) is 0 Å². The van der Waals surface area contributed by atoms with Crippen LogP contribution >= 0.6 is 15.9 Å². The lowest BCUT2D eigenvalue weighted by atomic mass is 9.89. The zero-order chi connectivity index (χ0) is 12.1. The summed E-state index contributed by atoms with van der Waals surface area (Å²) >= 11 is 3.47. The van der Waals surface area contributed by atoms with E-state index in [4.69, 9.17) is 0 Å². The maximum Gasteiger partial charge on any atom is 0.0665 e. The summed E-state index contributed by atoms with van der Waals surface area (Å²) in [5.41, 5.74) is 3.04. The number of fused-ring (bicyclic) bond motifs is 1. The third-order valence-electron chi connectivity index (χ3n) is 3.62. The summed E-state index contributed by atoms with van der Waals surface area (Å²) in [6.45, 7) is 8.21. The number of alkyl halides is 1. The molecule has 1 N–H and O–H groups in total. The molecule has 0 saturated heterocycles. The van der Waals surface area contributed by atoms with Crippen LogP contribution in [0.5, 0.6) is 0 Å². The Morgan fingerprint density at radius 1 is 1.12 bits per heavy atom. The molecule has 1 aromatic carbocycles. The van der Waals surface area contributed by atoms with Gasteiger partial charge in [-0.3, -0.25) is 0 Å². The molecule has 88 valence electrons. The molecule has 0 radical (unpaired) electrons. The molecule has 0 unspecified atom stereocenters. The smallest absolute Gasteiger partial charge is 0.0665 e. The topological polar surface area (TPSA) is 23.5 Å². The highest BCUT2D eigenvalue weighted by Crippen LogP contribution is 2.48. The van der Waals surface area contributed by atoms with Gasteiger partial charge in [0.1, 0.15) is 0 Å². The van der Waals surface area contributed by atoms with Crippen molar-refractivity contribution in [2.24, 2.45) is 0 Å². The van der Waals surface area contributed by atoms with Crippen LogP contribution in [-0.4, -0.2) is 10.3 Å². The molecule has 3 heteroatoms. The number of rotatable bonds is 1. The maximum atomic E-state index is 10.3. The molecule has 2 nitrogen and oxygen atoms in total. The molecular formula is C13H18BrNO. The van der Waals surface area contributed by atoms with Gasteiger partial charge in [0.25, 0.3) is 0 Å². The van der Waals surface area contributed by atoms with Crippen molar-refractivity contribution >= 4 is 15.9 Å². The summed E-state index contributed by atoms with van der Waals surface area (Å²) in [7, 11) is 0. The number of hydrogen-bond donors (Lipinski definition) is 1. The highest BCUT2D eigenvalue weighted by atomic mass is 79.9. The minimum Gasteiger partial charge on any atom is -0.312 e. The quantitative estimate of drug-likeness (QED) is 0.794. The van der Waals surface area contributed by atoms with Crippen LogP contribution in [0.1, 0.15) is 44.4 Å². The van der Waals surface area contributed by atoms with Crippen molar-refractivity contribution in [3.63, 3.8) is 0 Å². The van der Waals surface area contributed by atoms with Crippen molar-refractivity contribution in [2.45, 2.75) is 44.1 Å². The molecule has 0 aromatic heterocycles. The molecular weight excluding hydrogens is 266 g/mol. The van der Waals surface area contributed by atoms with E-state index in [-0.39, 0.29) is 11.1 Å². The molecule has 0 fully saturated rings. The van der Waals surface area contributed by atoms with Crippen molar-refractivity contribution in [1.29, 1.82) is 0 Å². The first kappa shape index (κ1) is 12.1. The van der Waals surface area contributed by atoms with Gasteiger partial charge in [-0.05, 0) is 44.4 Å². The molecule has 0 bridgehead atoms. The first-order chi connectivity index (χ1) is 7.31. The standard InChI is InChI=1S/C13H18BrNO/c1-12(2)10-6-5-9(8-14)7-11(10)13(3,4)15(12)16/h5-7,16H,8H2,1-4H3. The van der Waals surface area contributed by atoms with Gasteiger partial charge in [0, 0.05) is 5.33 Å². The number of halogens is 1. The van der Waals surface area contributed by atoms with Gasteiger partial charge in [0.15, 0.2) is 0 Å². The fourth-order valence-corrected chi connectivity index (χ4v) is 2.99. The SMILES string of the molecule is CC1(C)c2ccc(CBr)cc2C(C)(C)N1O. The van der Waals surface area contributed by atoms with Crippen LogP contribution in [-0.2, 0) is 16.4 Å². The van der Waals surface area contributed by atoms with Gasteiger partial charge in [-0.1, -0.05) is 34.1 Å². The van der Waals surface area contributed by atoms with Crippen molar-refractivity contribution < 1.29 is 5.21 Å². The van der Waals surface area contributed by atoms with E-state index < -0.39 is 0 Å². The predicted molar refractivity (Wildman–Crippen MR) is 68.8 cm³/mol. The molecule has 0 amide bonds. The Morgan fingerprint density at radius 2 is 1.69 bits per heavy atom. The Bertz CT molecular complexity index is 426. The van der Waals surface area contributed by atoms with Gasteiger partial charge >= 0.3 is 0 Å². The highest BCUT2D eigenvalue weighted by molar-refractivity contribution is 9.08. The van der Waals surface area contributed by atoms with Crippen LogP contribution in [0.2, 0.25) is 0 Å². The van der Waals surface area contributed by atoms with E-state index in [1.807, 2.05) is 13.8 Å². The molecule has 1 heterocycles. The molecule has 0 atom stereocenters. The lowest BCUT2D eigenvalue weighted by Gasteiger charge is -2.34. The fourth-order valence-electron chi connectivity index (χ4n) is 2.64. The Morgan fingerprint density at radius 3 is 2.25 bits per heavy atom. The third-order valence-corrected chi connectivity index (χ3v) is 4.26. The van der Waals surface area contributed by atoms with Crippen LogP contribution in [0.15, 0.2) is 18.2 Å². The number of benzene rings is 1. The minimum atomic E-state index is -0.322. The lowest BCUT2D eigenvalue weighted by molar-refractivity contribution is -0.216. The summed E-state index contributed by atoms with van der Waals surface area (Å²) in [6.07, 6.45) is 0. The second kappa shape index (κ2) is 3.56. The second-order valence-corrected chi connectivity index (χ2v) is 6.00. The average molecular weight is 284 g/mol. The van der Waals surface area contributed by atoms with Gasteiger partial charge in [0.05, 0.1) is 11.1 Å². The van der Waals surface area contributed by atoms with Crippen molar-refractivity contribution in [3.8, 4) is 0 Å². The fraction of sp³-hybridized carbons (Fsp3) is 0.538. The molecule has 1 aliphatic rings. The van der Waals surface area contributed by atoms with Gasteiger partial charge in [-0.15, -0.1) is 0 Å². The van der Waals surface area contributed by atoms with Crippen LogP contribution < -0.4 is 0 Å². The predicted octanol–water partition coefficient (Wildman–Crippen LogP) is 3.76. The van der Waals surface area contributed by atoms with Crippen molar-refractivity contribution in [1.82, 2.24) is 5.06 Å². The van der Waals surface area contributed by atoms with Gasteiger partial charge in [0.2, 0.25) is 0 Å². The molecule has 16 heavy (non-hydrogen) atoms. The monoisotopic (exact) mass is 283 g/mol. The average Bonchev–Trinajstić information content (AvgIpc) is 2.38. The Hall–Kier alpha value is -0.380. The summed E-state index contributed by atoms with van der Waals surface area (Å²) in [6, 6.07) is 6.43. The minimum absolute atomic E-state index is 0.316. The van der Waals surface area contributed by atoms with E-state index >= 15 is 0 Å². The van der Waals surface area contributed by atoms with E-state index in [2.05, 4.69) is 48.0 Å². The van der Waals surface area contributed by atoms with Gasteiger partial charge in [-0.2, -0.15) is 5.06 Å². The molecule has 2 rings (SSSR count). The highest BCUT2D eigenvalue weighted by Gasteiger charge is 2.48. The van der Waals surface area contributed by atoms with E-state index in [1.165, 1.54) is 21.8 Å². The largest absolute Gasteiger partial charge is 0.312 e. The van der Waals surface area contributed by atoms with Gasteiger partial charge in [-0.25, -0.2) is 0 Å². The molecule has 0 spiro atoms. The Balaban J connectivity index is 2.65. The third kappa shape index (κ3) is 1.45. The summed E-state index contributed by atoms with van der Waals surface area (Å²) in [5, 5.41) is 12.6. The second-order valence-electron chi connectivity index (χ2n) is 5.44. The summed E-state index contributed by atoms with van der Waals surface area (Å²) in [5.74, 6) is 0. The number of nitrogens with zero attached hydrogens (tertiary/aromatic N) is 1. The first-order valence-corrected chi connectivity index (χ1v) is 6.63. The Kier molecular flexibility index (Phi) is 2.69. The summed E-state index contributed by atoms with van der Waals surface area (Å²) < 4.78 is 0. The molecule has 0 aliphatic carbocycles. The van der Waals surface area contributed by atoms with E-state index in [0.29, 0.717) is 0 Å². The zero-order valence-electron chi connectivity index (χ0n) is 10.2. The first-order valence-electron chi connectivity index (χ1n) is 5.51. The number of hydrogen-bond acceptors (Lipinski definition) is 2. The summed E-state index contributed by atoms with van der Waals surface area (Å²) in [4.78, 5) is 0. The lowest BCUT2D eigenvalue weighted by Crippen LogP contribution is -2.42. The molecule has 1 aromatic rings. The normalized spacial score (nSPS) is 22.1. The maximum absolute atomic E-state index is 10.3. The van der Waals surface area contributed by atoms with E-state index in [1.54, 1.807) is 0 Å². The van der Waals surface area contributed by atoms with Crippen LogP contribution in [0.4, 0.5) is 0 Å². The van der Waals surface area contributed by atoms with Gasteiger partial charge < -0.3 is 5.21 Å².